The summed E-state index contributed by atoms with van der Waals surface area (Å²) in [5, 5.41) is 0. The Bertz CT molecular complexity index is 1080. The van der Waals surface area contributed by atoms with E-state index in [0.29, 0.717) is 15.8 Å². The van der Waals surface area contributed by atoms with Gasteiger partial charge in [0.2, 0.25) is 5.90 Å². The fourth-order valence-electron chi connectivity index (χ4n) is 2.91. The molecule has 31 heavy (non-hydrogen) atoms. The van der Waals surface area contributed by atoms with Crippen LogP contribution in [-0.4, -0.2) is 24.9 Å². The number of carbonyl (C=O) groups excluding carboxylic acids is 2. The monoisotopic (exact) mass is 485 g/mol. The molecule has 7 heteroatoms. The van der Waals surface area contributed by atoms with Gasteiger partial charge in [-0.2, -0.15) is 0 Å². The van der Waals surface area contributed by atoms with Crippen molar-refractivity contribution in [2.75, 3.05) is 7.11 Å². The minimum absolute atomic E-state index is 0.0296. The van der Waals surface area contributed by atoms with Gasteiger partial charge in [-0.3, -0.25) is 4.79 Å². The zero-order valence-corrected chi connectivity index (χ0v) is 19.7. The summed E-state index contributed by atoms with van der Waals surface area (Å²) in [6.07, 6.45) is 1.83. The molecule has 0 aliphatic carbocycles. The first-order chi connectivity index (χ1) is 14.6. The SMILES string of the molecule is CCC(=O)Oc1c(Br)cc(C=C2N=C(c3ccc(C(C)(C)C)cc3)OC2=O)cc1OC. The van der Waals surface area contributed by atoms with Crippen LogP contribution >= 0.6 is 15.9 Å². The Kier molecular flexibility index (Phi) is 6.65. The number of aliphatic imine (C=N–C) groups is 1. The number of carbonyl (C=O) groups is 2. The third kappa shape index (κ3) is 5.22. The van der Waals surface area contributed by atoms with E-state index in [1.165, 1.54) is 12.7 Å². The van der Waals surface area contributed by atoms with Crippen molar-refractivity contribution in [2.45, 2.75) is 39.5 Å². The maximum absolute atomic E-state index is 12.4. The molecule has 0 N–H and O–H groups in total. The molecule has 1 aliphatic heterocycles. The molecule has 0 bridgehead atoms. The lowest BCUT2D eigenvalue weighted by atomic mass is 9.87. The molecular weight excluding hydrogens is 462 g/mol. The van der Waals surface area contributed by atoms with Gasteiger partial charge >= 0.3 is 11.9 Å². The van der Waals surface area contributed by atoms with Crippen molar-refractivity contribution in [2.24, 2.45) is 4.99 Å². The second-order valence-electron chi connectivity index (χ2n) is 8.03. The normalized spacial score (nSPS) is 15.0. The predicted octanol–water partition coefficient (Wildman–Crippen LogP) is 5.42. The Morgan fingerprint density at radius 1 is 1.19 bits per heavy atom. The van der Waals surface area contributed by atoms with E-state index in [-0.39, 0.29) is 35.1 Å². The van der Waals surface area contributed by atoms with Crippen LogP contribution in [-0.2, 0) is 19.7 Å². The molecule has 0 amide bonds. The lowest BCUT2D eigenvalue weighted by Crippen LogP contribution is -2.11. The zero-order valence-electron chi connectivity index (χ0n) is 18.1. The Hall–Kier alpha value is -2.93. The van der Waals surface area contributed by atoms with E-state index < -0.39 is 5.97 Å². The molecule has 2 aromatic rings. The molecule has 0 spiro atoms. The Labute approximate surface area is 190 Å². The highest BCUT2D eigenvalue weighted by molar-refractivity contribution is 9.10. The molecule has 1 aliphatic rings. The number of hydrogen-bond donors (Lipinski definition) is 0. The second-order valence-corrected chi connectivity index (χ2v) is 8.88. The molecule has 0 radical (unpaired) electrons. The van der Waals surface area contributed by atoms with Gasteiger partial charge < -0.3 is 14.2 Å². The van der Waals surface area contributed by atoms with Gasteiger partial charge in [-0.25, -0.2) is 9.79 Å². The van der Waals surface area contributed by atoms with E-state index >= 15 is 0 Å². The minimum Gasteiger partial charge on any atom is -0.493 e. The zero-order chi connectivity index (χ0) is 22.8. The Balaban J connectivity index is 1.91. The fourth-order valence-corrected chi connectivity index (χ4v) is 3.45. The van der Waals surface area contributed by atoms with E-state index in [1.54, 1.807) is 25.1 Å². The van der Waals surface area contributed by atoms with Crippen molar-refractivity contribution in [3.8, 4) is 11.5 Å². The van der Waals surface area contributed by atoms with Gasteiger partial charge in [-0.1, -0.05) is 39.8 Å². The number of ether oxygens (including phenoxy) is 3. The van der Waals surface area contributed by atoms with E-state index in [2.05, 4.69) is 41.7 Å². The van der Waals surface area contributed by atoms with E-state index in [1.807, 2.05) is 24.3 Å². The van der Waals surface area contributed by atoms with Gasteiger partial charge in [-0.05, 0) is 62.8 Å². The molecule has 0 unspecified atom stereocenters. The minimum atomic E-state index is -0.536. The van der Waals surface area contributed by atoms with Crippen LogP contribution in [0.25, 0.3) is 6.08 Å². The summed E-state index contributed by atoms with van der Waals surface area (Å²) in [6, 6.07) is 11.2. The number of hydrogen-bond acceptors (Lipinski definition) is 6. The van der Waals surface area contributed by atoms with Crippen LogP contribution in [0, 0.1) is 0 Å². The largest absolute Gasteiger partial charge is 0.493 e. The van der Waals surface area contributed by atoms with Crippen LogP contribution in [0.3, 0.4) is 0 Å². The molecule has 0 saturated heterocycles. The van der Waals surface area contributed by atoms with Crippen LogP contribution in [0.5, 0.6) is 11.5 Å². The summed E-state index contributed by atoms with van der Waals surface area (Å²) in [5.41, 5.74) is 2.74. The second kappa shape index (κ2) is 9.06. The van der Waals surface area contributed by atoms with Gasteiger partial charge in [0.05, 0.1) is 11.6 Å². The molecule has 0 atom stereocenters. The Morgan fingerprint density at radius 3 is 2.45 bits per heavy atom. The van der Waals surface area contributed by atoms with Crippen molar-refractivity contribution < 1.29 is 23.8 Å². The van der Waals surface area contributed by atoms with Gasteiger partial charge in [0.25, 0.3) is 0 Å². The highest BCUT2D eigenvalue weighted by Crippen LogP contribution is 2.38. The maximum Gasteiger partial charge on any atom is 0.363 e. The van der Waals surface area contributed by atoms with Crippen LogP contribution in [0.4, 0.5) is 0 Å². The summed E-state index contributed by atoms with van der Waals surface area (Å²) >= 11 is 3.39. The molecule has 0 aromatic heterocycles. The average molecular weight is 486 g/mol. The molecule has 0 fully saturated rings. The van der Waals surface area contributed by atoms with Crippen molar-refractivity contribution >= 4 is 39.8 Å². The van der Waals surface area contributed by atoms with Crippen molar-refractivity contribution in [1.82, 2.24) is 0 Å². The highest BCUT2D eigenvalue weighted by atomic mass is 79.9. The summed E-state index contributed by atoms with van der Waals surface area (Å²) < 4.78 is 16.6. The molecule has 162 valence electrons. The molecule has 6 nitrogen and oxygen atoms in total. The fraction of sp³-hybridized carbons (Fsp3) is 0.292. The highest BCUT2D eigenvalue weighted by Gasteiger charge is 2.25. The molecule has 0 saturated carbocycles. The first-order valence-electron chi connectivity index (χ1n) is 9.84. The van der Waals surface area contributed by atoms with Crippen molar-refractivity contribution in [3.63, 3.8) is 0 Å². The number of rotatable bonds is 5. The average Bonchev–Trinajstić information content (AvgIpc) is 3.09. The third-order valence-electron chi connectivity index (χ3n) is 4.68. The first kappa shape index (κ1) is 22.7. The van der Waals surface area contributed by atoms with E-state index in [4.69, 9.17) is 14.2 Å². The summed E-state index contributed by atoms with van der Waals surface area (Å²) in [6.45, 7) is 8.12. The van der Waals surface area contributed by atoms with Gasteiger partial charge in [0.15, 0.2) is 17.2 Å². The number of esters is 2. The first-order valence-corrected chi connectivity index (χ1v) is 10.6. The summed E-state index contributed by atoms with van der Waals surface area (Å²) in [4.78, 5) is 28.4. The van der Waals surface area contributed by atoms with Gasteiger partial charge in [-0.15, -0.1) is 0 Å². The quantitative estimate of drug-likeness (QED) is 0.321. The Morgan fingerprint density at radius 2 is 1.87 bits per heavy atom. The lowest BCUT2D eigenvalue weighted by Gasteiger charge is -2.18. The summed E-state index contributed by atoms with van der Waals surface area (Å²) in [7, 11) is 1.48. The van der Waals surface area contributed by atoms with Gasteiger partial charge in [0, 0.05) is 12.0 Å². The van der Waals surface area contributed by atoms with E-state index in [9.17, 15) is 9.59 Å². The number of cyclic esters (lactones) is 1. The topological polar surface area (TPSA) is 74.2 Å². The third-order valence-corrected chi connectivity index (χ3v) is 5.27. The molecule has 1 heterocycles. The van der Waals surface area contributed by atoms with Crippen LogP contribution in [0.15, 0.2) is 51.6 Å². The standard InChI is InChI=1S/C24H24BrNO5/c1-6-20(27)30-21-17(25)11-14(13-19(21)29-5)12-18-23(28)31-22(26-18)15-7-9-16(10-8-15)24(2,3)4/h7-13H,6H2,1-5H3. The van der Waals surface area contributed by atoms with E-state index in [0.717, 1.165) is 5.56 Å². The maximum atomic E-state index is 12.4. The van der Waals surface area contributed by atoms with Crippen LogP contribution in [0.2, 0.25) is 0 Å². The van der Waals surface area contributed by atoms with Crippen LogP contribution < -0.4 is 9.47 Å². The number of methoxy groups -OCH3 is 1. The number of nitrogens with zero attached hydrogens (tertiary/aromatic N) is 1. The lowest BCUT2D eigenvalue weighted by molar-refractivity contribution is -0.134. The molecular formula is C24H24BrNO5. The molecule has 3 rings (SSSR count). The van der Waals surface area contributed by atoms with Crippen molar-refractivity contribution in [1.29, 1.82) is 0 Å². The number of halogens is 1. The smallest absolute Gasteiger partial charge is 0.363 e. The van der Waals surface area contributed by atoms with Crippen LogP contribution in [0.1, 0.15) is 50.8 Å². The van der Waals surface area contributed by atoms with Crippen molar-refractivity contribution in [3.05, 3.63) is 63.3 Å². The number of benzene rings is 2. The molecule has 2 aromatic carbocycles. The van der Waals surface area contributed by atoms with Gasteiger partial charge in [0.1, 0.15) is 0 Å². The predicted molar refractivity (Wildman–Crippen MR) is 122 cm³/mol. The summed E-state index contributed by atoms with van der Waals surface area (Å²) in [5.74, 6) is -0.0103.